The van der Waals surface area contributed by atoms with Crippen LogP contribution in [0.25, 0.3) is 0 Å². The van der Waals surface area contributed by atoms with E-state index in [2.05, 4.69) is 15.3 Å². The third-order valence-electron chi connectivity index (χ3n) is 2.50. The summed E-state index contributed by atoms with van der Waals surface area (Å²) in [5.41, 5.74) is 3.64. The molecule has 102 valence electrons. The van der Waals surface area contributed by atoms with Crippen molar-refractivity contribution in [2.24, 2.45) is 0 Å². The molecule has 0 saturated heterocycles. The molecule has 7 heteroatoms. The van der Waals surface area contributed by atoms with Crippen LogP contribution in [0.3, 0.4) is 0 Å². The third kappa shape index (κ3) is 2.92. The van der Waals surface area contributed by atoms with Crippen LogP contribution in [-0.4, -0.2) is 22.5 Å². The van der Waals surface area contributed by atoms with Crippen molar-refractivity contribution in [2.75, 3.05) is 11.9 Å². The van der Waals surface area contributed by atoms with E-state index in [1.807, 2.05) is 13.0 Å². The molecule has 0 fully saturated rings. The highest BCUT2D eigenvalue weighted by Gasteiger charge is 2.17. The second-order valence-corrected chi connectivity index (χ2v) is 4.70. The second kappa shape index (κ2) is 6.12. The Morgan fingerprint density at radius 1 is 1.55 bits per heavy atom. The van der Waals surface area contributed by atoms with Gasteiger partial charge in [-0.2, -0.15) is 5.26 Å². The first-order chi connectivity index (χ1) is 9.65. The van der Waals surface area contributed by atoms with E-state index >= 15 is 0 Å². The SMILES string of the molecule is CCOC(=O)c1ncsc1Nc1cc(C#N)cnc1C. The maximum absolute atomic E-state index is 11.7. The van der Waals surface area contributed by atoms with Gasteiger partial charge in [0.2, 0.25) is 0 Å². The Bertz CT molecular complexity index is 675. The Labute approximate surface area is 120 Å². The molecule has 0 bridgehead atoms. The van der Waals surface area contributed by atoms with Gasteiger partial charge in [0.05, 0.1) is 29.1 Å². The van der Waals surface area contributed by atoms with Crippen molar-refractivity contribution >= 4 is 28.0 Å². The first-order valence-corrected chi connectivity index (χ1v) is 6.78. The number of nitrogens with one attached hydrogen (secondary N) is 1. The van der Waals surface area contributed by atoms with E-state index in [0.29, 0.717) is 22.9 Å². The lowest BCUT2D eigenvalue weighted by Crippen LogP contribution is -2.07. The van der Waals surface area contributed by atoms with Crippen molar-refractivity contribution in [1.29, 1.82) is 5.26 Å². The molecule has 1 N–H and O–H groups in total. The van der Waals surface area contributed by atoms with E-state index in [0.717, 1.165) is 5.69 Å². The van der Waals surface area contributed by atoms with E-state index < -0.39 is 5.97 Å². The van der Waals surface area contributed by atoms with E-state index in [9.17, 15) is 4.79 Å². The third-order valence-corrected chi connectivity index (χ3v) is 3.24. The molecule has 2 rings (SSSR count). The van der Waals surface area contributed by atoms with Crippen LogP contribution in [0.15, 0.2) is 17.8 Å². The minimum Gasteiger partial charge on any atom is -0.461 e. The molecule has 0 aliphatic rings. The number of hydrogen-bond acceptors (Lipinski definition) is 7. The van der Waals surface area contributed by atoms with Crippen LogP contribution in [0.2, 0.25) is 0 Å². The zero-order valence-electron chi connectivity index (χ0n) is 11.0. The summed E-state index contributed by atoms with van der Waals surface area (Å²) in [5.74, 6) is -0.474. The molecule has 0 amide bonds. The quantitative estimate of drug-likeness (QED) is 0.870. The monoisotopic (exact) mass is 288 g/mol. The highest BCUT2D eigenvalue weighted by atomic mass is 32.1. The number of thiazole rings is 1. The number of esters is 1. The zero-order chi connectivity index (χ0) is 14.5. The molecule has 2 aromatic heterocycles. The summed E-state index contributed by atoms with van der Waals surface area (Å²) in [6.45, 7) is 3.84. The van der Waals surface area contributed by atoms with Gasteiger partial charge < -0.3 is 10.1 Å². The predicted molar refractivity (Wildman–Crippen MR) is 75.0 cm³/mol. The van der Waals surface area contributed by atoms with Gasteiger partial charge in [0, 0.05) is 6.20 Å². The molecule has 0 aliphatic carbocycles. The Balaban J connectivity index is 2.29. The number of anilines is 2. The highest BCUT2D eigenvalue weighted by molar-refractivity contribution is 7.14. The fraction of sp³-hybridized carbons (Fsp3) is 0.231. The largest absolute Gasteiger partial charge is 0.461 e. The maximum atomic E-state index is 11.7. The van der Waals surface area contributed by atoms with Gasteiger partial charge in [-0.05, 0) is 19.9 Å². The summed E-state index contributed by atoms with van der Waals surface area (Å²) in [6.07, 6.45) is 1.50. The second-order valence-electron chi connectivity index (χ2n) is 3.84. The molecule has 0 aromatic carbocycles. The first kappa shape index (κ1) is 14.0. The lowest BCUT2D eigenvalue weighted by molar-refractivity contribution is 0.0521. The lowest BCUT2D eigenvalue weighted by Gasteiger charge is -2.08. The molecule has 20 heavy (non-hydrogen) atoms. The van der Waals surface area contributed by atoms with Crippen LogP contribution in [0, 0.1) is 18.3 Å². The number of carbonyl (C=O) groups excluding carboxylic acids is 1. The maximum Gasteiger partial charge on any atom is 0.360 e. The Hall–Kier alpha value is -2.46. The van der Waals surface area contributed by atoms with Crippen molar-refractivity contribution in [3.05, 3.63) is 34.7 Å². The van der Waals surface area contributed by atoms with Crippen LogP contribution < -0.4 is 5.32 Å². The number of pyridine rings is 1. The van der Waals surface area contributed by atoms with Crippen molar-refractivity contribution in [3.63, 3.8) is 0 Å². The molecule has 0 aliphatic heterocycles. The number of carbonyl (C=O) groups is 1. The Morgan fingerprint density at radius 2 is 2.35 bits per heavy atom. The minimum absolute atomic E-state index is 0.235. The standard InChI is InChI=1S/C13H12N4O2S/c1-3-19-13(18)11-12(20-7-16-11)17-10-4-9(5-14)6-15-8(10)2/h4,6-7,17H,3H2,1-2H3. The van der Waals surface area contributed by atoms with Crippen LogP contribution in [0.4, 0.5) is 10.7 Å². The highest BCUT2D eigenvalue weighted by Crippen LogP contribution is 2.27. The average molecular weight is 288 g/mol. The predicted octanol–water partition coefficient (Wildman–Crippen LogP) is 2.64. The molecule has 6 nitrogen and oxygen atoms in total. The summed E-state index contributed by atoms with van der Waals surface area (Å²) in [6, 6.07) is 3.70. The average Bonchev–Trinajstić information content (AvgIpc) is 2.90. The van der Waals surface area contributed by atoms with E-state index in [1.54, 1.807) is 18.5 Å². The van der Waals surface area contributed by atoms with Gasteiger partial charge in [0.1, 0.15) is 11.1 Å². The molecule has 0 unspecified atom stereocenters. The number of nitriles is 1. The molecular weight excluding hydrogens is 276 g/mol. The van der Waals surface area contributed by atoms with Crippen molar-refractivity contribution in [2.45, 2.75) is 13.8 Å². The number of hydrogen-bond donors (Lipinski definition) is 1. The van der Waals surface area contributed by atoms with Crippen LogP contribution in [-0.2, 0) is 4.74 Å². The van der Waals surface area contributed by atoms with Gasteiger partial charge >= 0.3 is 5.97 Å². The van der Waals surface area contributed by atoms with Crippen molar-refractivity contribution in [3.8, 4) is 6.07 Å². The Kier molecular flexibility index (Phi) is 4.27. The summed E-state index contributed by atoms with van der Waals surface area (Å²) in [5, 5.41) is 12.5. The van der Waals surface area contributed by atoms with Crippen molar-refractivity contribution < 1.29 is 9.53 Å². The fourth-order valence-electron chi connectivity index (χ4n) is 1.52. The van der Waals surface area contributed by atoms with Crippen LogP contribution in [0.5, 0.6) is 0 Å². The molecule has 2 aromatic rings. The van der Waals surface area contributed by atoms with E-state index in [4.69, 9.17) is 10.00 Å². The van der Waals surface area contributed by atoms with Gasteiger partial charge in [-0.1, -0.05) is 0 Å². The lowest BCUT2D eigenvalue weighted by atomic mass is 10.2. The Morgan fingerprint density at radius 3 is 3.05 bits per heavy atom. The van der Waals surface area contributed by atoms with Gasteiger partial charge in [0.25, 0.3) is 0 Å². The molecule has 0 atom stereocenters. The molecular formula is C13H12N4O2S. The topological polar surface area (TPSA) is 87.9 Å². The van der Waals surface area contributed by atoms with E-state index in [1.165, 1.54) is 17.5 Å². The van der Waals surface area contributed by atoms with Gasteiger partial charge in [0.15, 0.2) is 5.69 Å². The van der Waals surface area contributed by atoms with Gasteiger partial charge in [-0.3, -0.25) is 4.98 Å². The summed E-state index contributed by atoms with van der Waals surface area (Å²) in [7, 11) is 0. The summed E-state index contributed by atoms with van der Waals surface area (Å²) in [4.78, 5) is 19.9. The van der Waals surface area contributed by atoms with Gasteiger partial charge in [-0.25, -0.2) is 9.78 Å². The molecule has 0 saturated carbocycles. The van der Waals surface area contributed by atoms with Crippen LogP contribution >= 0.6 is 11.3 Å². The van der Waals surface area contributed by atoms with Gasteiger partial charge in [-0.15, -0.1) is 11.3 Å². The number of aryl methyl sites for hydroxylation is 1. The molecule has 2 heterocycles. The smallest absolute Gasteiger partial charge is 0.360 e. The van der Waals surface area contributed by atoms with E-state index in [-0.39, 0.29) is 5.69 Å². The van der Waals surface area contributed by atoms with Crippen LogP contribution in [0.1, 0.15) is 28.7 Å². The number of rotatable bonds is 4. The number of aromatic nitrogens is 2. The fourth-order valence-corrected chi connectivity index (χ4v) is 2.20. The first-order valence-electron chi connectivity index (χ1n) is 5.90. The number of ether oxygens (including phenoxy) is 1. The minimum atomic E-state index is -0.474. The molecule has 0 spiro atoms. The zero-order valence-corrected chi connectivity index (χ0v) is 11.8. The summed E-state index contributed by atoms with van der Waals surface area (Å²) >= 11 is 1.29. The normalized spacial score (nSPS) is 9.85. The molecule has 0 radical (unpaired) electrons. The summed E-state index contributed by atoms with van der Waals surface area (Å²) < 4.78 is 4.94. The van der Waals surface area contributed by atoms with Crippen molar-refractivity contribution in [1.82, 2.24) is 9.97 Å². The number of nitrogens with zero attached hydrogens (tertiary/aromatic N) is 3.